The van der Waals surface area contributed by atoms with Crippen molar-refractivity contribution in [2.75, 3.05) is 20.3 Å². The SMILES string of the molecule is COCCCOc1cc2c(cc1-c1csc(C)n1)C=NC(C(C)C)C2. The standard InChI is InChI=1S/C20H26N2O2S/c1-13(2)18-9-15-10-20(24-7-5-6-23-4)17(8-16(15)11-21-18)19-12-25-14(3)22-19/h8,10-13,18H,5-7,9H2,1-4H3. The lowest BCUT2D eigenvalue weighted by Crippen LogP contribution is -2.21. The van der Waals surface area contributed by atoms with Crippen LogP contribution in [-0.4, -0.2) is 37.6 Å². The molecule has 134 valence electrons. The Morgan fingerprint density at radius 2 is 2.12 bits per heavy atom. The van der Waals surface area contributed by atoms with E-state index in [1.807, 2.05) is 13.1 Å². The molecule has 0 radical (unpaired) electrons. The molecule has 0 amide bonds. The number of thiazole rings is 1. The van der Waals surface area contributed by atoms with Crippen LogP contribution < -0.4 is 4.74 Å². The fourth-order valence-electron chi connectivity index (χ4n) is 2.99. The van der Waals surface area contributed by atoms with Gasteiger partial charge in [-0.05, 0) is 42.5 Å². The van der Waals surface area contributed by atoms with Gasteiger partial charge in [-0.1, -0.05) is 13.8 Å². The monoisotopic (exact) mass is 358 g/mol. The van der Waals surface area contributed by atoms with Gasteiger partial charge in [0.1, 0.15) is 5.75 Å². The van der Waals surface area contributed by atoms with Crippen LogP contribution in [0.3, 0.4) is 0 Å². The number of nitrogens with zero attached hydrogens (tertiary/aromatic N) is 2. The highest BCUT2D eigenvalue weighted by atomic mass is 32.1. The molecule has 0 saturated heterocycles. The number of benzene rings is 1. The topological polar surface area (TPSA) is 43.7 Å². The van der Waals surface area contributed by atoms with Gasteiger partial charge < -0.3 is 9.47 Å². The van der Waals surface area contributed by atoms with Crippen molar-refractivity contribution in [3.63, 3.8) is 0 Å². The van der Waals surface area contributed by atoms with E-state index in [1.165, 1.54) is 11.1 Å². The second-order valence-electron chi connectivity index (χ2n) is 6.79. The third kappa shape index (κ3) is 4.28. The zero-order chi connectivity index (χ0) is 17.8. The summed E-state index contributed by atoms with van der Waals surface area (Å²) in [5.41, 5.74) is 4.52. The number of aliphatic imine (C=N–C) groups is 1. The van der Waals surface area contributed by atoms with E-state index in [4.69, 9.17) is 14.5 Å². The highest BCUT2D eigenvalue weighted by Crippen LogP contribution is 2.35. The third-order valence-corrected chi connectivity index (χ3v) is 5.26. The molecule has 0 fully saturated rings. The molecule has 0 aliphatic carbocycles. The van der Waals surface area contributed by atoms with Crippen molar-refractivity contribution >= 4 is 17.6 Å². The number of fused-ring (bicyclic) bond motifs is 1. The maximum atomic E-state index is 6.10. The molecule has 1 atom stereocenters. The summed E-state index contributed by atoms with van der Waals surface area (Å²) in [4.78, 5) is 9.37. The number of aromatic nitrogens is 1. The zero-order valence-corrected chi connectivity index (χ0v) is 16.2. The van der Waals surface area contributed by atoms with Crippen molar-refractivity contribution in [1.82, 2.24) is 4.98 Å². The highest BCUT2D eigenvalue weighted by molar-refractivity contribution is 7.09. The Kier molecular flexibility index (Phi) is 5.86. The van der Waals surface area contributed by atoms with Gasteiger partial charge in [-0.25, -0.2) is 4.98 Å². The molecular weight excluding hydrogens is 332 g/mol. The molecule has 3 rings (SSSR count). The van der Waals surface area contributed by atoms with Gasteiger partial charge in [-0.2, -0.15) is 0 Å². The molecule has 1 aliphatic rings. The molecule has 2 heterocycles. The maximum Gasteiger partial charge on any atom is 0.129 e. The van der Waals surface area contributed by atoms with E-state index in [0.717, 1.165) is 34.9 Å². The smallest absolute Gasteiger partial charge is 0.129 e. The van der Waals surface area contributed by atoms with Crippen molar-refractivity contribution in [2.24, 2.45) is 10.9 Å². The van der Waals surface area contributed by atoms with Crippen LogP contribution in [0.2, 0.25) is 0 Å². The third-order valence-electron chi connectivity index (χ3n) is 4.49. The molecule has 5 heteroatoms. The maximum absolute atomic E-state index is 6.10. The predicted octanol–water partition coefficient (Wildman–Crippen LogP) is 4.53. The summed E-state index contributed by atoms with van der Waals surface area (Å²) in [7, 11) is 1.72. The van der Waals surface area contributed by atoms with E-state index in [0.29, 0.717) is 25.2 Å². The molecule has 1 aliphatic heterocycles. The average molecular weight is 359 g/mol. The number of ether oxygens (including phenoxy) is 2. The average Bonchev–Trinajstić information content (AvgIpc) is 3.03. The molecule has 2 aromatic rings. The minimum absolute atomic E-state index is 0.348. The first kappa shape index (κ1) is 18.1. The summed E-state index contributed by atoms with van der Waals surface area (Å²) in [5.74, 6) is 1.45. The summed E-state index contributed by atoms with van der Waals surface area (Å²) >= 11 is 1.66. The number of hydrogen-bond donors (Lipinski definition) is 0. The summed E-state index contributed by atoms with van der Waals surface area (Å²) in [6.07, 6.45) is 3.86. The normalized spacial score (nSPS) is 16.3. The van der Waals surface area contributed by atoms with Crippen LogP contribution in [0.5, 0.6) is 5.75 Å². The molecule has 0 bridgehead atoms. The largest absolute Gasteiger partial charge is 0.493 e. The van der Waals surface area contributed by atoms with Crippen LogP contribution in [0.4, 0.5) is 0 Å². The number of hydrogen-bond acceptors (Lipinski definition) is 5. The van der Waals surface area contributed by atoms with Gasteiger partial charge in [-0.15, -0.1) is 11.3 Å². The fraction of sp³-hybridized carbons (Fsp3) is 0.500. The van der Waals surface area contributed by atoms with Gasteiger partial charge >= 0.3 is 0 Å². The van der Waals surface area contributed by atoms with Gasteiger partial charge in [0.2, 0.25) is 0 Å². The van der Waals surface area contributed by atoms with Crippen molar-refractivity contribution in [3.8, 4) is 17.0 Å². The van der Waals surface area contributed by atoms with Crippen LogP contribution in [0.25, 0.3) is 11.3 Å². The Hall–Kier alpha value is -1.72. The number of methoxy groups -OCH3 is 1. The van der Waals surface area contributed by atoms with Gasteiger partial charge in [0.05, 0.1) is 23.4 Å². The van der Waals surface area contributed by atoms with Crippen LogP contribution in [0, 0.1) is 12.8 Å². The summed E-state index contributed by atoms with van der Waals surface area (Å²) in [6.45, 7) is 7.83. The van der Waals surface area contributed by atoms with Crippen molar-refractivity contribution < 1.29 is 9.47 Å². The minimum atomic E-state index is 0.348. The highest BCUT2D eigenvalue weighted by Gasteiger charge is 2.21. The van der Waals surface area contributed by atoms with E-state index >= 15 is 0 Å². The quantitative estimate of drug-likeness (QED) is 0.683. The molecule has 1 unspecified atom stereocenters. The number of aryl methyl sites for hydroxylation is 1. The lowest BCUT2D eigenvalue weighted by molar-refractivity contribution is 0.172. The zero-order valence-electron chi connectivity index (χ0n) is 15.4. The molecule has 1 aromatic heterocycles. The van der Waals surface area contributed by atoms with Gasteiger partial charge in [-0.3, -0.25) is 4.99 Å². The Balaban J connectivity index is 1.93. The summed E-state index contributed by atoms with van der Waals surface area (Å²) in [5, 5.41) is 3.15. The lowest BCUT2D eigenvalue weighted by Gasteiger charge is -2.23. The van der Waals surface area contributed by atoms with Crippen molar-refractivity contribution in [2.45, 2.75) is 39.7 Å². The van der Waals surface area contributed by atoms with Crippen LogP contribution in [0.15, 0.2) is 22.5 Å². The minimum Gasteiger partial charge on any atom is -0.493 e. The van der Waals surface area contributed by atoms with Crippen LogP contribution in [-0.2, 0) is 11.2 Å². The van der Waals surface area contributed by atoms with E-state index in [-0.39, 0.29) is 0 Å². The Bertz CT molecular complexity index is 752. The first-order valence-electron chi connectivity index (χ1n) is 8.83. The van der Waals surface area contributed by atoms with Gasteiger partial charge in [0.25, 0.3) is 0 Å². The van der Waals surface area contributed by atoms with Crippen molar-refractivity contribution in [3.05, 3.63) is 33.6 Å². The van der Waals surface area contributed by atoms with Gasteiger partial charge in [0.15, 0.2) is 0 Å². The predicted molar refractivity (Wildman–Crippen MR) is 104 cm³/mol. The second-order valence-corrected chi connectivity index (χ2v) is 7.85. The molecule has 25 heavy (non-hydrogen) atoms. The summed E-state index contributed by atoms with van der Waals surface area (Å²) in [6, 6.07) is 4.71. The molecule has 1 aromatic carbocycles. The van der Waals surface area contributed by atoms with Crippen LogP contribution >= 0.6 is 11.3 Å². The van der Waals surface area contributed by atoms with Crippen molar-refractivity contribution in [1.29, 1.82) is 0 Å². The first-order valence-corrected chi connectivity index (χ1v) is 9.70. The van der Waals surface area contributed by atoms with E-state index in [9.17, 15) is 0 Å². The van der Waals surface area contributed by atoms with Crippen LogP contribution in [0.1, 0.15) is 36.4 Å². The van der Waals surface area contributed by atoms with Gasteiger partial charge in [0, 0.05) is 37.3 Å². The van der Waals surface area contributed by atoms with E-state index < -0.39 is 0 Å². The fourth-order valence-corrected chi connectivity index (χ4v) is 3.60. The summed E-state index contributed by atoms with van der Waals surface area (Å²) < 4.78 is 11.2. The van der Waals surface area contributed by atoms with E-state index in [2.05, 4.69) is 36.3 Å². The lowest BCUT2D eigenvalue weighted by atomic mass is 9.90. The first-order chi connectivity index (χ1) is 12.1. The molecular formula is C20H26N2O2S. The Morgan fingerprint density at radius 1 is 1.28 bits per heavy atom. The Morgan fingerprint density at radius 3 is 2.80 bits per heavy atom. The number of rotatable bonds is 7. The molecule has 0 spiro atoms. The molecule has 0 saturated carbocycles. The Labute approximate surface area is 153 Å². The second kappa shape index (κ2) is 8.11. The molecule has 0 N–H and O–H groups in total. The molecule has 4 nitrogen and oxygen atoms in total. The van der Waals surface area contributed by atoms with E-state index in [1.54, 1.807) is 18.4 Å².